The fraction of sp³-hybridized carbons (Fsp3) is 0.559. The number of rotatable bonds is 7. The molecule has 1 aromatic heterocycles. The van der Waals surface area contributed by atoms with E-state index in [1.54, 1.807) is 6.07 Å². The average molecular weight is 655 g/mol. The molecule has 3 aromatic rings. The van der Waals surface area contributed by atoms with Crippen molar-refractivity contribution in [3.05, 3.63) is 69.6 Å². The van der Waals surface area contributed by atoms with Gasteiger partial charge in [0.05, 0.1) is 12.3 Å². The second-order valence-corrected chi connectivity index (χ2v) is 20.2. The third-order valence-electron chi connectivity index (χ3n) is 10.9. The van der Waals surface area contributed by atoms with Crippen molar-refractivity contribution >= 4 is 40.9 Å². The lowest BCUT2D eigenvalue weighted by molar-refractivity contribution is -0.145. The molecule has 3 aliphatic rings. The van der Waals surface area contributed by atoms with Gasteiger partial charge in [-0.05, 0) is 80.7 Å². The largest absolute Gasteiger partial charge is 0.414 e. The minimum atomic E-state index is -2.24. The predicted molar refractivity (Wildman–Crippen MR) is 174 cm³/mol. The second kappa shape index (κ2) is 10.9. The van der Waals surface area contributed by atoms with Gasteiger partial charge < -0.3 is 14.7 Å². The highest BCUT2D eigenvalue weighted by Crippen LogP contribution is 2.54. The number of aromatic nitrogens is 1. The van der Waals surface area contributed by atoms with Gasteiger partial charge in [0.15, 0.2) is 14.1 Å². The molecule has 1 spiro atoms. The standard InChI is InChI=1S/C34H45BrFN3O2Si/c1-32(2,3)42(4,5)41-22-34(31(40)23-10-8-11-23)30-29(26-14-13-25(35)19-28(26)38-30)33(15-17-37-18-16-33)21-39(34)20-24-9-6-7-12-27(24)36/h6-7,9,12-14,19,23,37-38H,8,10-11,15-18,20-22H2,1-5H3. The zero-order chi connectivity index (χ0) is 29.9. The minimum Gasteiger partial charge on any atom is -0.414 e. The van der Waals surface area contributed by atoms with Gasteiger partial charge in [-0.2, -0.15) is 0 Å². The van der Waals surface area contributed by atoms with Crippen LogP contribution in [0.5, 0.6) is 0 Å². The van der Waals surface area contributed by atoms with Crippen molar-refractivity contribution in [2.24, 2.45) is 5.92 Å². The molecule has 3 heterocycles. The van der Waals surface area contributed by atoms with Crippen LogP contribution in [0.25, 0.3) is 10.9 Å². The van der Waals surface area contributed by atoms with Gasteiger partial charge in [-0.3, -0.25) is 9.69 Å². The van der Waals surface area contributed by atoms with Crippen LogP contribution in [0.3, 0.4) is 0 Å². The van der Waals surface area contributed by atoms with E-state index in [0.717, 1.165) is 60.9 Å². The van der Waals surface area contributed by atoms with Crippen LogP contribution in [-0.4, -0.2) is 50.2 Å². The van der Waals surface area contributed by atoms with Crippen molar-refractivity contribution in [3.63, 3.8) is 0 Å². The van der Waals surface area contributed by atoms with Crippen molar-refractivity contribution < 1.29 is 13.6 Å². The third-order valence-corrected chi connectivity index (χ3v) is 15.9. The Morgan fingerprint density at radius 1 is 1.14 bits per heavy atom. The van der Waals surface area contributed by atoms with Crippen molar-refractivity contribution in [2.75, 3.05) is 26.2 Å². The van der Waals surface area contributed by atoms with Gasteiger partial charge in [-0.25, -0.2) is 4.39 Å². The van der Waals surface area contributed by atoms with E-state index >= 15 is 9.18 Å². The van der Waals surface area contributed by atoms with Crippen LogP contribution in [0.15, 0.2) is 46.9 Å². The first kappa shape index (κ1) is 30.2. The number of fused-ring (bicyclic) bond motifs is 4. The highest BCUT2D eigenvalue weighted by Gasteiger charge is 2.59. The summed E-state index contributed by atoms with van der Waals surface area (Å²) in [5.74, 6) is 0.00204. The van der Waals surface area contributed by atoms with Gasteiger partial charge in [0.1, 0.15) is 11.4 Å². The van der Waals surface area contributed by atoms with E-state index in [0.29, 0.717) is 18.7 Å². The van der Waals surface area contributed by atoms with Gasteiger partial charge in [0.2, 0.25) is 0 Å². The Bertz CT molecular complexity index is 1490. The molecule has 2 aromatic carbocycles. The number of hydrogen-bond donors (Lipinski definition) is 2. The van der Waals surface area contributed by atoms with Crippen LogP contribution in [0.4, 0.5) is 4.39 Å². The van der Waals surface area contributed by atoms with E-state index in [1.807, 2.05) is 12.1 Å². The Morgan fingerprint density at radius 2 is 1.86 bits per heavy atom. The molecule has 0 amide bonds. The average Bonchev–Trinajstić information content (AvgIpc) is 3.29. The normalized spacial score (nSPS) is 23.2. The highest BCUT2D eigenvalue weighted by atomic mass is 79.9. The molecule has 8 heteroatoms. The fourth-order valence-corrected chi connectivity index (χ4v) is 8.49. The van der Waals surface area contributed by atoms with Gasteiger partial charge in [0, 0.05) is 45.4 Å². The van der Waals surface area contributed by atoms with E-state index in [-0.39, 0.29) is 34.6 Å². The topological polar surface area (TPSA) is 57.4 Å². The molecule has 2 N–H and O–H groups in total. The summed E-state index contributed by atoms with van der Waals surface area (Å²) in [4.78, 5) is 21.3. The monoisotopic (exact) mass is 653 g/mol. The molecule has 5 nitrogen and oxygen atoms in total. The van der Waals surface area contributed by atoms with Crippen LogP contribution in [0, 0.1) is 11.7 Å². The second-order valence-electron chi connectivity index (χ2n) is 14.4. The number of benzene rings is 2. The molecular formula is C34H45BrFN3O2Si. The summed E-state index contributed by atoms with van der Waals surface area (Å²) in [6.45, 7) is 14.4. The van der Waals surface area contributed by atoms with Crippen molar-refractivity contribution in [3.8, 4) is 0 Å². The van der Waals surface area contributed by atoms with Crippen molar-refractivity contribution in [1.29, 1.82) is 0 Å². The number of nitrogens with one attached hydrogen (secondary N) is 2. The lowest BCUT2D eigenvalue weighted by Crippen LogP contribution is -2.66. The first-order chi connectivity index (χ1) is 19.9. The Morgan fingerprint density at radius 3 is 2.50 bits per heavy atom. The Balaban J connectivity index is 1.62. The molecule has 42 heavy (non-hydrogen) atoms. The maximum absolute atomic E-state index is 15.3. The molecule has 2 aliphatic heterocycles. The zero-order valence-electron chi connectivity index (χ0n) is 25.7. The summed E-state index contributed by atoms with van der Waals surface area (Å²) >= 11 is 3.69. The highest BCUT2D eigenvalue weighted by molar-refractivity contribution is 9.10. The quantitative estimate of drug-likeness (QED) is 0.256. The summed E-state index contributed by atoms with van der Waals surface area (Å²) in [5.41, 5.74) is 2.75. The number of ketones is 1. The van der Waals surface area contributed by atoms with Crippen LogP contribution in [0.1, 0.15) is 69.7 Å². The SMILES string of the molecule is CC(C)(C)[Si](C)(C)OCC1(C(=O)C2CCC2)c2[nH]c3cc(Br)ccc3c2C2(CCNCC2)CN1Cc1ccccc1F. The Hall–Kier alpha value is -1.84. The van der Waals surface area contributed by atoms with Crippen LogP contribution < -0.4 is 5.32 Å². The Kier molecular flexibility index (Phi) is 7.87. The summed E-state index contributed by atoms with van der Waals surface area (Å²) in [6.07, 6.45) is 4.82. The van der Waals surface area contributed by atoms with Crippen molar-refractivity contribution in [2.45, 2.75) is 88.5 Å². The lowest BCUT2D eigenvalue weighted by Gasteiger charge is -2.56. The minimum absolute atomic E-state index is 0.00999. The van der Waals surface area contributed by atoms with Crippen LogP contribution >= 0.6 is 15.9 Å². The number of carbonyl (C=O) groups is 1. The molecule has 2 fully saturated rings. The number of H-pyrrole nitrogens is 1. The number of nitrogens with zero attached hydrogens (tertiary/aromatic N) is 1. The van der Waals surface area contributed by atoms with Crippen molar-refractivity contribution in [1.82, 2.24) is 15.2 Å². The van der Waals surface area contributed by atoms with Crippen LogP contribution in [0.2, 0.25) is 18.1 Å². The van der Waals surface area contributed by atoms with Gasteiger partial charge in [-0.15, -0.1) is 0 Å². The van der Waals surface area contributed by atoms with Gasteiger partial charge in [0.25, 0.3) is 0 Å². The zero-order valence-corrected chi connectivity index (χ0v) is 28.3. The van der Waals surface area contributed by atoms with Gasteiger partial charge in [-0.1, -0.05) is 67.4 Å². The van der Waals surface area contributed by atoms with E-state index in [1.165, 1.54) is 17.0 Å². The van der Waals surface area contributed by atoms with E-state index in [4.69, 9.17) is 4.43 Å². The van der Waals surface area contributed by atoms with Gasteiger partial charge >= 0.3 is 0 Å². The molecule has 6 rings (SSSR count). The number of piperidine rings is 1. The first-order valence-corrected chi connectivity index (χ1v) is 19.3. The number of aromatic amines is 1. The summed E-state index contributed by atoms with van der Waals surface area (Å²) in [6, 6.07) is 13.5. The fourth-order valence-electron chi connectivity index (χ4n) is 7.13. The molecule has 0 bridgehead atoms. The number of carbonyl (C=O) groups excluding carboxylic acids is 1. The summed E-state index contributed by atoms with van der Waals surface area (Å²) < 4.78 is 23.4. The molecule has 226 valence electrons. The Labute approximate surface area is 259 Å². The third kappa shape index (κ3) is 4.95. The molecule has 1 saturated heterocycles. The lowest BCUT2D eigenvalue weighted by atomic mass is 9.63. The maximum Gasteiger partial charge on any atom is 0.192 e. The van der Waals surface area contributed by atoms with Crippen LogP contribution in [-0.2, 0) is 26.7 Å². The number of hydrogen-bond acceptors (Lipinski definition) is 4. The summed E-state index contributed by atoms with van der Waals surface area (Å²) in [7, 11) is -2.24. The molecule has 1 unspecified atom stereocenters. The molecular weight excluding hydrogens is 609 g/mol. The maximum atomic E-state index is 15.3. The van der Waals surface area contributed by atoms with E-state index in [2.05, 4.69) is 83.2 Å². The van der Waals surface area contributed by atoms with E-state index < -0.39 is 13.9 Å². The molecule has 1 saturated carbocycles. The molecule has 0 radical (unpaired) electrons. The number of Topliss-reactive ketones (excluding diaryl/α,β-unsaturated/α-hetero) is 1. The molecule has 1 aliphatic carbocycles. The van der Waals surface area contributed by atoms with E-state index in [9.17, 15) is 0 Å². The predicted octanol–water partition coefficient (Wildman–Crippen LogP) is 7.79. The molecule has 1 atom stereocenters. The number of halogens is 2. The first-order valence-electron chi connectivity index (χ1n) is 15.6. The summed E-state index contributed by atoms with van der Waals surface area (Å²) in [5, 5.41) is 4.75. The smallest absolute Gasteiger partial charge is 0.192 e.